The van der Waals surface area contributed by atoms with Crippen LogP contribution >= 0.6 is 0 Å². The molecule has 1 saturated heterocycles. The summed E-state index contributed by atoms with van der Waals surface area (Å²) in [5.41, 5.74) is -0.0849. The van der Waals surface area contributed by atoms with Crippen molar-refractivity contribution in [3.05, 3.63) is 35.9 Å². The lowest BCUT2D eigenvalue weighted by Gasteiger charge is -2.39. The minimum Gasteiger partial charge on any atom is -0.481 e. The SMILES string of the molecule is CO[C@H](C)C(=O)N1CCC(C(=O)O)(c2ccccc2)CC1. The van der Waals surface area contributed by atoms with Crippen LogP contribution in [-0.2, 0) is 19.7 Å². The number of methoxy groups -OCH3 is 1. The van der Waals surface area contributed by atoms with Gasteiger partial charge < -0.3 is 14.7 Å². The Morgan fingerprint density at radius 3 is 2.29 bits per heavy atom. The number of aliphatic carboxylic acids is 1. The summed E-state index contributed by atoms with van der Waals surface area (Å²) in [7, 11) is 1.50. The summed E-state index contributed by atoms with van der Waals surface area (Å²) < 4.78 is 5.04. The van der Waals surface area contributed by atoms with Gasteiger partial charge in [-0.15, -0.1) is 0 Å². The van der Waals surface area contributed by atoms with Crippen LogP contribution in [0.2, 0.25) is 0 Å². The number of carbonyl (C=O) groups excluding carboxylic acids is 1. The van der Waals surface area contributed by atoms with Crippen molar-refractivity contribution in [2.24, 2.45) is 0 Å². The summed E-state index contributed by atoms with van der Waals surface area (Å²) in [6.45, 7) is 2.58. The van der Waals surface area contributed by atoms with E-state index < -0.39 is 17.5 Å². The summed E-state index contributed by atoms with van der Waals surface area (Å²) in [6.07, 6.45) is 0.363. The zero-order chi connectivity index (χ0) is 15.5. The van der Waals surface area contributed by atoms with E-state index in [9.17, 15) is 14.7 Å². The predicted molar refractivity (Wildman–Crippen MR) is 78.0 cm³/mol. The lowest BCUT2D eigenvalue weighted by Crippen LogP contribution is -2.51. The third-order valence-electron chi connectivity index (χ3n) is 4.37. The molecule has 1 heterocycles. The Labute approximate surface area is 124 Å². The number of ether oxygens (including phenoxy) is 1. The van der Waals surface area contributed by atoms with Crippen LogP contribution < -0.4 is 0 Å². The molecule has 21 heavy (non-hydrogen) atoms. The van der Waals surface area contributed by atoms with Gasteiger partial charge in [-0.2, -0.15) is 0 Å². The molecule has 1 amide bonds. The van der Waals surface area contributed by atoms with Crippen LogP contribution in [0.25, 0.3) is 0 Å². The quantitative estimate of drug-likeness (QED) is 0.916. The van der Waals surface area contributed by atoms with Crippen LogP contribution in [0.3, 0.4) is 0 Å². The second-order valence-corrected chi connectivity index (χ2v) is 5.46. The van der Waals surface area contributed by atoms with E-state index >= 15 is 0 Å². The molecule has 1 aromatic carbocycles. The summed E-state index contributed by atoms with van der Waals surface area (Å²) >= 11 is 0. The highest BCUT2D eigenvalue weighted by atomic mass is 16.5. The molecule has 0 unspecified atom stereocenters. The van der Waals surface area contributed by atoms with Crippen molar-refractivity contribution in [2.45, 2.75) is 31.3 Å². The van der Waals surface area contributed by atoms with Crippen LogP contribution in [0.15, 0.2) is 30.3 Å². The first kappa shape index (κ1) is 15.5. The Kier molecular flexibility index (Phi) is 4.63. The third kappa shape index (κ3) is 2.93. The van der Waals surface area contributed by atoms with Crippen LogP contribution in [0, 0.1) is 0 Å². The number of carboxylic acids is 1. The van der Waals surface area contributed by atoms with Crippen molar-refractivity contribution in [1.29, 1.82) is 0 Å². The van der Waals surface area contributed by atoms with Crippen LogP contribution in [0.1, 0.15) is 25.3 Å². The molecule has 1 aliphatic rings. The maximum atomic E-state index is 12.1. The largest absolute Gasteiger partial charge is 0.481 e. The number of benzene rings is 1. The minimum atomic E-state index is -0.894. The number of carboxylic acid groups (broad SMARTS) is 1. The third-order valence-corrected chi connectivity index (χ3v) is 4.37. The summed E-state index contributed by atoms with van der Waals surface area (Å²) in [6, 6.07) is 9.28. The first-order valence-corrected chi connectivity index (χ1v) is 7.12. The first-order chi connectivity index (χ1) is 10.0. The fourth-order valence-corrected chi connectivity index (χ4v) is 2.85. The topological polar surface area (TPSA) is 66.8 Å². The summed E-state index contributed by atoms with van der Waals surface area (Å²) in [5, 5.41) is 9.69. The highest BCUT2D eigenvalue weighted by molar-refractivity contribution is 5.84. The molecule has 0 aromatic heterocycles. The number of piperidine rings is 1. The van der Waals surface area contributed by atoms with Crippen LogP contribution in [0.4, 0.5) is 0 Å². The molecular weight excluding hydrogens is 270 g/mol. The van der Waals surface area contributed by atoms with Gasteiger partial charge in [0, 0.05) is 20.2 Å². The fraction of sp³-hybridized carbons (Fsp3) is 0.500. The van der Waals surface area contributed by atoms with Gasteiger partial charge in [-0.1, -0.05) is 30.3 Å². The molecule has 1 atom stereocenters. The normalized spacial score (nSPS) is 19.0. The Bertz CT molecular complexity index is 506. The van der Waals surface area contributed by atoms with Crippen LogP contribution in [0.5, 0.6) is 0 Å². The van der Waals surface area contributed by atoms with E-state index in [4.69, 9.17) is 4.74 Å². The van der Waals surface area contributed by atoms with Crippen molar-refractivity contribution in [2.75, 3.05) is 20.2 Å². The second kappa shape index (κ2) is 6.26. The van der Waals surface area contributed by atoms with E-state index in [0.29, 0.717) is 25.9 Å². The van der Waals surface area contributed by atoms with Crippen molar-refractivity contribution >= 4 is 11.9 Å². The van der Waals surface area contributed by atoms with Crippen molar-refractivity contribution in [3.63, 3.8) is 0 Å². The number of carbonyl (C=O) groups is 2. The molecule has 5 heteroatoms. The highest BCUT2D eigenvalue weighted by Gasteiger charge is 2.44. The van der Waals surface area contributed by atoms with E-state index in [-0.39, 0.29) is 5.91 Å². The summed E-state index contributed by atoms with van der Waals surface area (Å²) in [4.78, 5) is 25.6. The molecule has 1 fully saturated rings. The van der Waals surface area contributed by atoms with Crippen molar-refractivity contribution in [3.8, 4) is 0 Å². The van der Waals surface area contributed by atoms with Gasteiger partial charge in [0.25, 0.3) is 5.91 Å². The zero-order valence-electron chi connectivity index (χ0n) is 12.4. The minimum absolute atomic E-state index is 0.0791. The van der Waals surface area contributed by atoms with Gasteiger partial charge in [0.2, 0.25) is 0 Å². The van der Waals surface area contributed by atoms with E-state index in [1.165, 1.54) is 7.11 Å². The number of nitrogens with zero attached hydrogens (tertiary/aromatic N) is 1. The number of hydrogen-bond acceptors (Lipinski definition) is 3. The molecule has 1 aliphatic heterocycles. The monoisotopic (exact) mass is 291 g/mol. The molecule has 114 valence electrons. The Hall–Kier alpha value is -1.88. The molecule has 5 nitrogen and oxygen atoms in total. The molecule has 0 spiro atoms. The number of hydrogen-bond donors (Lipinski definition) is 1. The van der Waals surface area contributed by atoms with Gasteiger partial charge >= 0.3 is 5.97 Å². The molecule has 0 bridgehead atoms. The smallest absolute Gasteiger partial charge is 0.314 e. The van der Waals surface area contributed by atoms with E-state index in [2.05, 4.69) is 0 Å². The zero-order valence-corrected chi connectivity index (χ0v) is 12.4. The van der Waals surface area contributed by atoms with Gasteiger partial charge in [0.05, 0.1) is 5.41 Å². The van der Waals surface area contributed by atoms with Gasteiger partial charge in [-0.3, -0.25) is 9.59 Å². The molecule has 0 radical (unpaired) electrons. The van der Waals surface area contributed by atoms with Crippen molar-refractivity contribution in [1.82, 2.24) is 4.90 Å². The van der Waals surface area contributed by atoms with E-state index in [0.717, 1.165) is 5.56 Å². The maximum Gasteiger partial charge on any atom is 0.314 e. The Morgan fingerprint density at radius 2 is 1.81 bits per heavy atom. The van der Waals surface area contributed by atoms with Gasteiger partial charge in [0.15, 0.2) is 0 Å². The fourth-order valence-electron chi connectivity index (χ4n) is 2.85. The van der Waals surface area contributed by atoms with E-state index in [1.807, 2.05) is 30.3 Å². The number of amides is 1. The molecule has 1 N–H and O–H groups in total. The molecule has 1 aromatic rings. The lowest BCUT2D eigenvalue weighted by molar-refractivity contribution is -0.150. The molecule has 0 aliphatic carbocycles. The molecular formula is C16H21NO4. The Balaban J connectivity index is 2.16. The number of rotatable bonds is 4. The molecule has 0 saturated carbocycles. The highest BCUT2D eigenvalue weighted by Crippen LogP contribution is 2.36. The Morgan fingerprint density at radius 1 is 1.24 bits per heavy atom. The maximum absolute atomic E-state index is 12.1. The molecule has 2 rings (SSSR count). The average Bonchev–Trinajstić information content (AvgIpc) is 2.54. The van der Waals surface area contributed by atoms with Crippen LogP contribution in [-0.4, -0.2) is 48.2 Å². The lowest BCUT2D eigenvalue weighted by atomic mass is 9.73. The first-order valence-electron chi connectivity index (χ1n) is 7.12. The standard InChI is InChI=1S/C16H21NO4/c1-12(21-2)14(18)17-10-8-16(9-11-17,15(19)20)13-6-4-3-5-7-13/h3-7,12H,8-11H2,1-2H3,(H,19,20)/t12-/m1/s1. The van der Waals surface area contributed by atoms with Gasteiger partial charge in [0.1, 0.15) is 6.10 Å². The number of likely N-dealkylation sites (tertiary alicyclic amines) is 1. The van der Waals surface area contributed by atoms with E-state index in [1.54, 1.807) is 11.8 Å². The second-order valence-electron chi connectivity index (χ2n) is 5.46. The van der Waals surface area contributed by atoms with Gasteiger partial charge in [-0.05, 0) is 25.3 Å². The summed E-state index contributed by atoms with van der Waals surface area (Å²) in [5.74, 6) is -0.898. The average molecular weight is 291 g/mol. The van der Waals surface area contributed by atoms with Gasteiger partial charge in [-0.25, -0.2) is 0 Å². The van der Waals surface area contributed by atoms with Crippen molar-refractivity contribution < 1.29 is 19.4 Å². The predicted octanol–water partition coefficient (Wildman–Crippen LogP) is 1.67.